The van der Waals surface area contributed by atoms with E-state index in [1.807, 2.05) is 6.92 Å². The van der Waals surface area contributed by atoms with Crippen LogP contribution in [0.1, 0.15) is 20.3 Å². The average Bonchev–Trinajstić information content (AvgIpc) is 2.31. The lowest BCUT2D eigenvalue weighted by molar-refractivity contribution is -0.120. The lowest BCUT2D eigenvalue weighted by atomic mass is 9.99. The van der Waals surface area contributed by atoms with E-state index in [1.54, 1.807) is 19.1 Å². The largest absolute Gasteiger partial charge is 0.506 e. The second kappa shape index (κ2) is 5.05. The highest BCUT2D eigenvalue weighted by Crippen LogP contribution is 2.28. The molecule has 0 heterocycles. The van der Waals surface area contributed by atoms with Gasteiger partial charge in [0.25, 0.3) is 0 Å². The van der Waals surface area contributed by atoms with E-state index in [9.17, 15) is 9.90 Å². The van der Waals surface area contributed by atoms with Crippen molar-refractivity contribution < 1.29 is 14.6 Å². The first-order valence-corrected chi connectivity index (χ1v) is 5.38. The number of ether oxygens (including phenoxy) is 1. The lowest BCUT2D eigenvalue weighted by Gasteiger charge is -2.21. The molecule has 1 aromatic rings. The molecule has 0 bridgehead atoms. The van der Waals surface area contributed by atoms with Crippen LogP contribution in [-0.2, 0) is 4.79 Å². The number of methoxy groups -OCH3 is 1. The molecule has 0 fully saturated rings. The highest BCUT2D eigenvalue weighted by Gasteiger charge is 2.26. The molecule has 0 saturated heterocycles. The van der Waals surface area contributed by atoms with Crippen molar-refractivity contribution in [3.8, 4) is 11.5 Å². The molecule has 1 rings (SSSR count). The Kier molecular flexibility index (Phi) is 3.96. The minimum atomic E-state index is -0.952. The molecule has 0 radical (unpaired) electrons. The first kappa shape index (κ1) is 13.3. The second-order valence-electron chi connectivity index (χ2n) is 4.11. The van der Waals surface area contributed by atoms with Crippen LogP contribution < -0.4 is 15.8 Å². The molecule has 5 heteroatoms. The fourth-order valence-electron chi connectivity index (χ4n) is 1.17. The van der Waals surface area contributed by atoms with Crippen molar-refractivity contribution >= 4 is 11.6 Å². The van der Waals surface area contributed by atoms with Crippen molar-refractivity contribution in [3.05, 3.63) is 18.2 Å². The molecule has 94 valence electrons. The predicted octanol–water partition coefficient (Wildman–Crippen LogP) is 1.47. The first-order chi connectivity index (χ1) is 7.90. The van der Waals surface area contributed by atoms with Crippen LogP contribution in [0, 0.1) is 0 Å². The molecule has 0 saturated carbocycles. The number of phenolic OH excluding ortho intramolecular Hbond substituents is 1. The van der Waals surface area contributed by atoms with E-state index >= 15 is 0 Å². The molecule has 0 aliphatic carbocycles. The quantitative estimate of drug-likeness (QED) is 0.693. The summed E-state index contributed by atoms with van der Waals surface area (Å²) in [6.45, 7) is 3.47. The molecule has 5 nitrogen and oxygen atoms in total. The van der Waals surface area contributed by atoms with E-state index in [0.717, 1.165) is 0 Å². The van der Waals surface area contributed by atoms with Crippen LogP contribution in [0.3, 0.4) is 0 Å². The fourth-order valence-corrected chi connectivity index (χ4v) is 1.17. The van der Waals surface area contributed by atoms with Gasteiger partial charge in [0.15, 0.2) is 0 Å². The van der Waals surface area contributed by atoms with Crippen LogP contribution >= 0.6 is 0 Å². The van der Waals surface area contributed by atoms with Crippen LogP contribution in [0.25, 0.3) is 0 Å². The van der Waals surface area contributed by atoms with E-state index < -0.39 is 5.54 Å². The van der Waals surface area contributed by atoms with Gasteiger partial charge in [0.05, 0.1) is 18.3 Å². The zero-order valence-electron chi connectivity index (χ0n) is 10.3. The number of phenols is 1. The Balaban J connectivity index is 2.86. The van der Waals surface area contributed by atoms with Gasteiger partial charge in [-0.25, -0.2) is 0 Å². The molecule has 1 aromatic carbocycles. The number of carbonyl (C=O) groups excluding carboxylic acids is 1. The Morgan fingerprint density at radius 3 is 2.71 bits per heavy atom. The number of amides is 1. The fraction of sp³-hybridized carbons (Fsp3) is 0.417. The number of carbonyl (C=O) groups is 1. The molecule has 1 unspecified atom stereocenters. The molecule has 1 amide bonds. The van der Waals surface area contributed by atoms with Crippen molar-refractivity contribution in [3.63, 3.8) is 0 Å². The number of nitrogens with two attached hydrogens (primary N) is 1. The van der Waals surface area contributed by atoms with Crippen LogP contribution in [0.15, 0.2) is 18.2 Å². The summed E-state index contributed by atoms with van der Waals surface area (Å²) >= 11 is 0. The molecule has 4 N–H and O–H groups in total. The standard InChI is InChI=1S/C12H18N2O3/c1-4-12(2,13)11(16)14-9-6-5-8(17-3)7-10(9)15/h5-7,15H,4,13H2,1-3H3,(H,14,16). The maximum Gasteiger partial charge on any atom is 0.244 e. The summed E-state index contributed by atoms with van der Waals surface area (Å²) in [6.07, 6.45) is 0.510. The topological polar surface area (TPSA) is 84.6 Å². The second-order valence-corrected chi connectivity index (χ2v) is 4.11. The van der Waals surface area contributed by atoms with Crippen molar-refractivity contribution in [2.24, 2.45) is 5.73 Å². The Labute approximate surface area is 101 Å². The van der Waals surface area contributed by atoms with Gasteiger partial charge in [0.1, 0.15) is 11.5 Å². The van der Waals surface area contributed by atoms with E-state index in [-0.39, 0.29) is 11.7 Å². The van der Waals surface area contributed by atoms with Gasteiger partial charge in [-0.1, -0.05) is 6.92 Å². The molecule has 0 spiro atoms. The summed E-state index contributed by atoms with van der Waals surface area (Å²) in [5.74, 6) is 0.136. The molecule has 0 aliphatic heterocycles. The van der Waals surface area contributed by atoms with Gasteiger partial charge in [-0.2, -0.15) is 0 Å². The van der Waals surface area contributed by atoms with Crippen molar-refractivity contribution in [1.82, 2.24) is 0 Å². The van der Waals surface area contributed by atoms with Gasteiger partial charge in [-0.15, -0.1) is 0 Å². The summed E-state index contributed by atoms with van der Waals surface area (Å²) in [7, 11) is 1.50. The number of hydrogen-bond donors (Lipinski definition) is 3. The normalized spacial score (nSPS) is 13.9. The van der Waals surface area contributed by atoms with E-state index in [1.165, 1.54) is 13.2 Å². The SMILES string of the molecule is CCC(C)(N)C(=O)Nc1ccc(OC)cc1O. The van der Waals surface area contributed by atoms with Gasteiger partial charge < -0.3 is 20.9 Å². The third kappa shape index (κ3) is 3.10. The molecule has 1 atom stereocenters. The van der Waals surface area contributed by atoms with Crippen LogP contribution in [-0.4, -0.2) is 23.7 Å². The number of aromatic hydroxyl groups is 1. The average molecular weight is 238 g/mol. The van der Waals surface area contributed by atoms with Crippen LogP contribution in [0.2, 0.25) is 0 Å². The highest BCUT2D eigenvalue weighted by molar-refractivity contribution is 5.98. The Hall–Kier alpha value is -1.75. The van der Waals surface area contributed by atoms with Crippen molar-refractivity contribution in [2.45, 2.75) is 25.8 Å². The molecular formula is C12H18N2O3. The zero-order chi connectivity index (χ0) is 13.1. The van der Waals surface area contributed by atoms with Crippen molar-refractivity contribution in [2.75, 3.05) is 12.4 Å². The van der Waals surface area contributed by atoms with Gasteiger partial charge >= 0.3 is 0 Å². The van der Waals surface area contributed by atoms with Gasteiger partial charge in [-0.05, 0) is 25.5 Å². The van der Waals surface area contributed by atoms with E-state index in [4.69, 9.17) is 10.5 Å². The smallest absolute Gasteiger partial charge is 0.244 e. The van der Waals surface area contributed by atoms with E-state index in [2.05, 4.69) is 5.32 Å². The molecular weight excluding hydrogens is 220 g/mol. The third-order valence-corrected chi connectivity index (χ3v) is 2.71. The molecule has 0 aromatic heterocycles. The maximum absolute atomic E-state index is 11.8. The lowest BCUT2D eigenvalue weighted by Crippen LogP contribution is -2.47. The number of anilines is 1. The Morgan fingerprint density at radius 2 is 2.24 bits per heavy atom. The summed E-state index contributed by atoms with van der Waals surface area (Å²) in [5.41, 5.74) is 5.16. The van der Waals surface area contributed by atoms with Crippen LogP contribution in [0.4, 0.5) is 5.69 Å². The predicted molar refractivity (Wildman–Crippen MR) is 66.2 cm³/mol. The number of nitrogens with one attached hydrogen (secondary N) is 1. The minimum Gasteiger partial charge on any atom is -0.506 e. The Bertz CT molecular complexity index is 416. The van der Waals surface area contributed by atoms with Crippen LogP contribution in [0.5, 0.6) is 11.5 Å². The highest BCUT2D eigenvalue weighted by atomic mass is 16.5. The zero-order valence-corrected chi connectivity index (χ0v) is 10.3. The van der Waals surface area contributed by atoms with Crippen molar-refractivity contribution in [1.29, 1.82) is 0 Å². The summed E-state index contributed by atoms with van der Waals surface area (Å²) in [5, 5.41) is 12.3. The Morgan fingerprint density at radius 1 is 1.59 bits per heavy atom. The third-order valence-electron chi connectivity index (χ3n) is 2.71. The number of rotatable bonds is 4. The minimum absolute atomic E-state index is 0.0513. The molecule has 0 aliphatic rings. The van der Waals surface area contributed by atoms with Gasteiger partial charge in [0.2, 0.25) is 5.91 Å². The van der Waals surface area contributed by atoms with Gasteiger partial charge in [-0.3, -0.25) is 4.79 Å². The first-order valence-electron chi connectivity index (χ1n) is 5.38. The number of benzene rings is 1. The molecule has 17 heavy (non-hydrogen) atoms. The van der Waals surface area contributed by atoms with Gasteiger partial charge in [0, 0.05) is 6.07 Å². The summed E-state index contributed by atoms with van der Waals surface area (Å²) in [4.78, 5) is 11.8. The summed E-state index contributed by atoms with van der Waals surface area (Å²) in [6, 6.07) is 4.64. The van der Waals surface area contributed by atoms with E-state index in [0.29, 0.717) is 17.9 Å². The monoisotopic (exact) mass is 238 g/mol. The maximum atomic E-state index is 11.8. The summed E-state index contributed by atoms with van der Waals surface area (Å²) < 4.78 is 4.95. The number of hydrogen-bond acceptors (Lipinski definition) is 4.